The molecule has 1 aliphatic rings. The highest BCUT2D eigenvalue weighted by Gasteiger charge is 2.28. The number of rotatable bonds is 5. The third-order valence-electron chi connectivity index (χ3n) is 5.65. The molecule has 29 heavy (non-hydrogen) atoms. The first-order valence-electron chi connectivity index (χ1n) is 10.2. The lowest BCUT2D eigenvalue weighted by Crippen LogP contribution is -2.38. The number of likely N-dealkylation sites (tertiary alicyclic amines) is 1. The highest BCUT2D eigenvalue weighted by atomic mass is 16.2. The van der Waals surface area contributed by atoms with Gasteiger partial charge in [0.1, 0.15) is 5.82 Å². The van der Waals surface area contributed by atoms with Crippen LogP contribution in [0.25, 0.3) is 5.69 Å². The average Bonchev–Trinajstić information content (AvgIpc) is 3.08. The summed E-state index contributed by atoms with van der Waals surface area (Å²) in [6, 6.07) is 19.7. The van der Waals surface area contributed by atoms with Crippen LogP contribution in [-0.2, 0) is 18.3 Å². The molecule has 0 aliphatic carbocycles. The van der Waals surface area contributed by atoms with Crippen molar-refractivity contribution in [2.75, 3.05) is 13.1 Å². The first kappa shape index (κ1) is 19.2. The summed E-state index contributed by atoms with van der Waals surface area (Å²) in [6.45, 7) is 1.41. The number of para-hydroxylation sites is 1. The summed E-state index contributed by atoms with van der Waals surface area (Å²) < 4.78 is 3.11. The highest BCUT2D eigenvalue weighted by Crippen LogP contribution is 2.28. The van der Waals surface area contributed by atoms with E-state index in [0.717, 1.165) is 30.8 Å². The van der Waals surface area contributed by atoms with E-state index in [1.54, 1.807) is 11.6 Å². The predicted octanol–water partition coefficient (Wildman–Crippen LogP) is 2.91. The molecule has 0 saturated carbocycles. The molecule has 1 amide bonds. The number of carbonyl (C=O) groups excluding carboxylic acids is 1. The van der Waals surface area contributed by atoms with Crippen molar-refractivity contribution in [1.29, 1.82) is 0 Å². The minimum absolute atomic E-state index is 0.132. The Balaban J connectivity index is 1.42. The molecule has 0 bridgehead atoms. The molecule has 0 radical (unpaired) electrons. The summed E-state index contributed by atoms with van der Waals surface area (Å²) in [5.41, 5.74) is 1.89. The monoisotopic (exact) mass is 390 g/mol. The van der Waals surface area contributed by atoms with Gasteiger partial charge >= 0.3 is 5.69 Å². The molecule has 0 atom stereocenters. The highest BCUT2D eigenvalue weighted by molar-refractivity contribution is 5.76. The molecule has 3 aromatic rings. The van der Waals surface area contributed by atoms with Crippen LogP contribution in [0.2, 0.25) is 0 Å². The van der Waals surface area contributed by atoms with Crippen LogP contribution >= 0.6 is 0 Å². The molecule has 0 spiro atoms. The maximum absolute atomic E-state index is 12.6. The SMILES string of the molecule is Cn1nc(C2CCN(C(=O)CCc3ccccc3)CC2)n(-c2ccccc2)c1=O. The van der Waals surface area contributed by atoms with E-state index in [1.165, 1.54) is 10.2 Å². The second kappa shape index (κ2) is 8.47. The van der Waals surface area contributed by atoms with Crippen LogP contribution in [0, 0.1) is 0 Å². The zero-order valence-electron chi connectivity index (χ0n) is 16.7. The fourth-order valence-electron chi connectivity index (χ4n) is 4.01. The maximum atomic E-state index is 12.6. The van der Waals surface area contributed by atoms with Crippen molar-refractivity contribution < 1.29 is 4.79 Å². The Morgan fingerprint density at radius 2 is 1.62 bits per heavy atom. The quantitative estimate of drug-likeness (QED) is 0.673. The first-order chi connectivity index (χ1) is 14.1. The summed E-state index contributed by atoms with van der Waals surface area (Å²) in [4.78, 5) is 27.2. The van der Waals surface area contributed by atoms with Gasteiger partial charge in [-0.1, -0.05) is 48.5 Å². The van der Waals surface area contributed by atoms with Crippen LogP contribution < -0.4 is 5.69 Å². The lowest BCUT2D eigenvalue weighted by Gasteiger charge is -2.31. The van der Waals surface area contributed by atoms with Crippen LogP contribution in [-0.4, -0.2) is 38.2 Å². The minimum Gasteiger partial charge on any atom is -0.343 e. The van der Waals surface area contributed by atoms with Crippen molar-refractivity contribution in [1.82, 2.24) is 19.2 Å². The summed E-state index contributed by atoms with van der Waals surface area (Å²) in [5.74, 6) is 1.16. The number of piperidine rings is 1. The summed E-state index contributed by atoms with van der Waals surface area (Å²) in [5, 5.41) is 4.52. The van der Waals surface area contributed by atoms with E-state index in [2.05, 4.69) is 17.2 Å². The van der Waals surface area contributed by atoms with Crippen LogP contribution in [0.3, 0.4) is 0 Å². The number of aryl methyl sites for hydroxylation is 2. The Morgan fingerprint density at radius 3 is 2.28 bits per heavy atom. The molecule has 150 valence electrons. The van der Waals surface area contributed by atoms with Gasteiger partial charge in [-0.05, 0) is 37.0 Å². The number of hydrogen-bond acceptors (Lipinski definition) is 3. The number of benzene rings is 2. The fraction of sp³-hybridized carbons (Fsp3) is 0.348. The average molecular weight is 390 g/mol. The third kappa shape index (κ3) is 4.16. The fourth-order valence-corrected chi connectivity index (χ4v) is 4.01. The zero-order chi connectivity index (χ0) is 20.2. The van der Waals surface area contributed by atoms with E-state index in [9.17, 15) is 9.59 Å². The molecule has 1 saturated heterocycles. The molecule has 1 aromatic heterocycles. The van der Waals surface area contributed by atoms with Gasteiger partial charge in [-0.3, -0.25) is 4.79 Å². The smallest absolute Gasteiger partial charge is 0.343 e. The molecule has 1 aliphatic heterocycles. The lowest BCUT2D eigenvalue weighted by molar-refractivity contribution is -0.132. The standard InChI is InChI=1S/C23H26N4O2/c1-25-23(29)27(20-10-6-3-7-11-20)22(24-25)19-14-16-26(17-15-19)21(28)13-12-18-8-4-2-5-9-18/h2-11,19H,12-17H2,1H3. The summed E-state index contributed by atoms with van der Waals surface area (Å²) in [6.07, 6.45) is 2.95. The Bertz CT molecular complexity index is 1020. The first-order valence-corrected chi connectivity index (χ1v) is 10.2. The van der Waals surface area contributed by atoms with Gasteiger partial charge in [-0.2, -0.15) is 5.10 Å². The summed E-state index contributed by atoms with van der Waals surface area (Å²) in [7, 11) is 1.69. The van der Waals surface area contributed by atoms with Crippen molar-refractivity contribution in [2.24, 2.45) is 7.05 Å². The van der Waals surface area contributed by atoms with Gasteiger partial charge in [0.05, 0.1) is 5.69 Å². The molecule has 2 aromatic carbocycles. The lowest BCUT2D eigenvalue weighted by atomic mass is 9.95. The third-order valence-corrected chi connectivity index (χ3v) is 5.65. The van der Waals surface area contributed by atoms with Gasteiger partial charge < -0.3 is 4.90 Å². The van der Waals surface area contributed by atoms with Gasteiger partial charge in [-0.25, -0.2) is 14.0 Å². The molecule has 2 heterocycles. The molecule has 4 rings (SSSR count). The number of nitrogens with zero attached hydrogens (tertiary/aromatic N) is 4. The molecule has 6 nitrogen and oxygen atoms in total. The van der Waals surface area contributed by atoms with Crippen LogP contribution in [0.5, 0.6) is 0 Å². The largest absolute Gasteiger partial charge is 0.350 e. The molecule has 6 heteroatoms. The number of amides is 1. The van der Waals surface area contributed by atoms with E-state index in [4.69, 9.17) is 0 Å². The van der Waals surface area contributed by atoms with Gasteiger partial charge in [0.15, 0.2) is 0 Å². The van der Waals surface area contributed by atoms with Crippen molar-refractivity contribution in [3.05, 3.63) is 82.5 Å². The second-order valence-electron chi connectivity index (χ2n) is 7.58. The van der Waals surface area contributed by atoms with E-state index in [0.29, 0.717) is 19.5 Å². The van der Waals surface area contributed by atoms with Gasteiger partial charge in [0, 0.05) is 32.5 Å². The molecule has 1 fully saturated rings. The normalized spacial score (nSPS) is 14.9. The van der Waals surface area contributed by atoms with Gasteiger partial charge in [-0.15, -0.1) is 0 Å². The molecule has 0 N–H and O–H groups in total. The molecular weight excluding hydrogens is 364 g/mol. The number of carbonyl (C=O) groups is 1. The van der Waals surface area contributed by atoms with E-state index in [1.807, 2.05) is 53.4 Å². The Hall–Kier alpha value is -3.15. The zero-order valence-corrected chi connectivity index (χ0v) is 16.7. The minimum atomic E-state index is -0.132. The Labute approximate surface area is 170 Å². The van der Waals surface area contributed by atoms with Crippen LogP contribution in [0.1, 0.15) is 36.6 Å². The van der Waals surface area contributed by atoms with Gasteiger partial charge in [0.2, 0.25) is 5.91 Å². The van der Waals surface area contributed by atoms with Crippen molar-refractivity contribution in [3.63, 3.8) is 0 Å². The van der Waals surface area contributed by atoms with Gasteiger partial charge in [0.25, 0.3) is 0 Å². The van der Waals surface area contributed by atoms with E-state index in [-0.39, 0.29) is 17.5 Å². The molecule has 0 unspecified atom stereocenters. The number of aromatic nitrogens is 3. The Kier molecular flexibility index (Phi) is 5.60. The molecular formula is C23H26N4O2. The predicted molar refractivity (Wildman–Crippen MR) is 112 cm³/mol. The van der Waals surface area contributed by atoms with Crippen molar-refractivity contribution in [3.8, 4) is 5.69 Å². The van der Waals surface area contributed by atoms with Crippen molar-refractivity contribution in [2.45, 2.75) is 31.6 Å². The van der Waals surface area contributed by atoms with E-state index >= 15 is 0 Å². The maximum Gasteiger partial charge on any atom is 0.350 e. The Morgan fingerprint density at radius 1 is 1.00 bits per heavy atom. The topological polar surface area (TPSA) is 60.1 Å². The number of hydrogen-bond donors (Lipinski definition) is 0. The van der Waals surface area contributed by atoms with Crippen LogP contribution in [0.4, 0.5) is 0 Å². The summed E-state index contributed by atoms with van der Waals surface area (Å²) >= 11 is 0. The van der Waals surface area contributed by atoms with E-state index < -0.39 is 0 Å². The second-order valence-corrected chi connectivity index (χ2v) is 7.58. The van der Waals surface area contributed by atoms with Crippen molar-refractivity contribution >= 4 is 5.91 Å². The van der Waals surface area contributed by atoms with Crippen LogP contribution in [0.15, 0.2) is 65.5 Å².